The molecule has 0 bridgehead atoms. The number of nitrogens with zero attached hydrogens (tertiary/aromatic N) is 2. The van der Waals surface area contributed by atoms with Gasteiger partial charge >= 0.3 is 0 Å². The lowest BCUT2D eigenvalue weighted by molar-refractivity contribution is -0.115. The van der Waals surface area contributed by atoms with Gasteiger partial charge in [0.05, 0.1) is 25.3 Å². The Hall–Kier alpha value is -2.81. The van der Waals surface area contributed by atoms with Crippen LogP contribution in [0.15, 0.2) is 54.2 Å². The zero-order valence-corrected chi connectivity index (χ0v) is 16.8. The van der Waals surface area contributed by atoms with Crippen molar-refractivity contribution in [2.45, 2.75) is 12.8 Å². The molecule has 3 rings (SSSR count). The number of amides is 1. The zero-order valence-electron chi connectivity index (χ0n) is 16.0. The predicted molar refractivity (Wildman–Crippen MR) is 114 cm³/mol. The number of ether oxygens (including phenoxy) is 1. The fourth-order valence-corrected chi connectivity index (χ4v) is 3.41. The number of hydrogen-bond donors (Lipinski definition) is 3. The number of aromatic nitrogens is 2. The van der Waals surface area contributed by atoms with Crippen LogP contribution in [0.2, 0.25) is 0 Å². The molecule has 0 unspecified atom stereocenters. The Morgan fingerprint density at radius 2 is 2.03 bits per heavy atom. The van der Waals surface area contributed by atoms with E-state index >= 15 is 0 Å². The number of pyridine rings is 1. The molecule has 3 aromatic rings. The van der Waals surface area contributed by atoms with E-state index in [-0.39, 0.29) is 18.9 Å². The van der Waals surface area contributed by atoms with Crippen molar-refractivity contribution in [2.24, 2.45) is 0 Å². The van der Waals surface area contributed by atoms with E-state index in [1.54, 1.807) is 12.4 Å². The van der Waals surface area contributed by atoms with E-state index in [0.717, 1.165) is 35.5 Å². The van der Waals surface area contributed by atoms with E-state index in [9.17, 15) is 4.79 Å². The third kappa shape index (κ3) is 6.94. The molecule has 0 aliphatic rings. The Bertz CT molecular complexity index is 902. The minimum Gasteiger partial charge on any atom is -0.494 e. The van der Waals surface area contributed by atoms with Gasteiger partial charge in [0, 0.05) is 29.9 Å². The van der Waals surface area contributed by atoms with E-state index < -0.39 is 0 Å². The van der Waals surface area contributed by atoms with Crippen molar-refractivity contribution in [2.75, 3.05) is 31.6 Å². The fraction of sp³-hybridized carbons (Fsp3) is 0.286. The Morgan fingerprint density at radius 1 is 1.17 bits per heavy atom. The lowest BCUT2D eigenvalue weighted by atomic mass is 10.1. The van der Waals surface area contributed by atoms with Crippen molar-refractivity contribution >= 4 is 22.4 Å². The first-order valence-electron chi connectivity index (χ1n) is 9.43. The lowest BCUT2D eigenvalue weighted by Gasteiger charge is -2.08. The molecule has 29 heavy (non-hydrogen) atoms. The molecular formula is C21H24N4O3S. The van der Waals surface area contributed by atoms with Gasteiger partial charge in [-0.3, -0.25) is 9.78 Å². The van der Waals surface area contributed by atoms with Crippen molar-refractivity contribution in [3.63, 3.8) is 0 Å². The highest BCUT2D eigenvalue weighted by atomic mass is 32.1. The number of rotatable bonds is 11. The predicted octanol–water partition coefficient (Wildman–Crippen LogP) is 2.74. The number of thiazole rings is 1. The van der Waals surface area contributed by atoms with E-state index in [1.165, 1.54) is 11.3 Å². The van der Waals surface area contributed by atoms with Gasteiger partial charge in [-0.25, -0.2) is 4.98 Å². The van der Waals surface area contributed by atoms with Gasteiger partial charge in [-0.05, 0) is 42.8 Å². The molecule has 2 aromatic heterocycles. The minimum absolute atomic E-state index is 0.119. The van der Waals surface area contributed by atoms with Crippen molar-refractivity contribution in [3.8, 4) is 17.0 Å². The van der Waals surface area contributed by atoms with E-state index in [1.807, 2.05) is 41.8 Å². The van der Waals surface area contributed by atoms with Gasteiger partial charge in [0.15, 0.2) is 5.13 Å². The number of benzene rings is 1. The first-order chi connectivity index (χ1) is 14.2. The topological polar surface area (TPSA) is 96.4 Å². The molecule has 0 aliphatic carbocycles. The van der Waals surface area contributed by atoms with E-state index in [2.05, 4.69) is 20.6 Å². The summed E-state index contributed by atoms with van der Waals surface area (Å²) >= 11 is 1.40. The van der Waals surface area contributed by atoms with Crippen molar-refractivity contribution in [1.82, 2.24) is 15.3 Å². The number of aliphatic hydroxyl groups excluding tert-OH is 1. The van der Waals surface area contributed by atoms with Gasteiger partial charge < -0.3 is 20.5 Å². The largest absolute Gasteiger partial charge is 0.494 e. The number of aliphatic hydroxyl groups is 1. The number of carbonyl (C=O) groups excluding carboxylic acids is 1. The summed E-state index contributed by atoms with van der Waals surface area (Å²) in [5.41, 5.74) is 2.66. The molecule has 3 N–H and O–H groups in total. The first-order valence-corrected chi connectivity index (χ1v) is 10.3. The lowest BCUT2D eigenvalue weighted by Crippen LogP contribution is -2.20. The van der Waals surface area contributed by atoms with Crippen LogP contribution < -0.4 is 15.4 Å². The van der Waals surface area contributed by atoms with E-state index in [4.69, 9.17) is 9.84 Å². The maximum absolute atomic E-state index is 12.4. The quantitative estimate of drug-likeness (QED) is 0.419. The molecule has 8 heteroatoms. The van der Waals surface area contributed by atoms with Crippen molar-refractivity contribution in [1.29, 1.82) is 0 Å². The number of anilines is 1. The maximum Gasteiger partial charge on any atom is 0.230 e. The van der Waals surface area contributed by atoms with Crippen LogP contribution in [0.25, 0.3) is 11.3 Å². The Morgan fingerprint density at radius 3 is 2.86 bits per heavy atom. The second kappa shape index (κ2) is 11.3. The zero-order chi connectivity index (χ0) is 20.3. The molecule has 0 atom stereocenters. The van der Waals surface area contributed by atoms with Crippen molar-refractivity contribution in [3.05, 3.63) is 59.7 Å². The second-order valence-corrected chi connectivity index (χ2v) is 7.18. The molecule has 0 aliphatic heterocycles. The van der Waals surface area contributed by atoms with Crippen LogP contribution in [0, 0.1) is 0 Å². The van der Waals surface area contributed by atoms with Crippen LogP contribution in [-0.4, -0.2) is 47.3 Å². The molecule has 0 radical (unpaired) electrons. The highest BCUT2D eigenvalue weighted by molar-refractivity contribution is 7.14. The molecular weight excluding hydrogens is 388 g/mol. The van der Waals surface area contributed by atoms with Crippen LogP contribution in [-0.2, 0) is 11.2 Å². The summed E-state index contributed by atoms with van der Waals surface area (Å²) in [5.74, 6) is 0.623. The third-order valence-electron chi connectivity index (χ3n) is 4.04. The van der Waals surface area contributed by atoms with E-state index in [0.29, 0.717) is 18.3 Å². The van der Waals surface area contributed by atoms with Crippen LogP contribution in [0.3, 0.4) is 0 Å². The molecule has 1 amide bonds. The van der Waals surface area contributed by atoms with Crippen LogP contribution in [0.4, 0.5) is 5.13 Å². The molecule has 1 aromatic carbocycles. The minimum atomic E-state index is -0.119. The third-order valence-corrected chi connectivity index (χ3v) is 4.80. The van der Waals surface area contributed by atoms with Crippen LogP contribution in [0.1, 0.15) is 12.0 Å². The summed E-state index contributed by atoms with van der Waals surface area (Å²) in [7, 11) is 0. The van der Waals surface area contributed by atoms with Crippen LogP contribution in [0.5, 0.6) is 5.75 Å². The maximum atomic E-state index is 12.4. The number of nitrogens with one attached hydrogen (secondary N) is 2. The van der Waals surface area contributed by atoms with Gasteiger partial charge in [0.1, 0.15) is 5.75 Å². The van der Waals surface area contributed by atoms with Gasteiger partial charge in [0.25, 0.3) is 0 Å². The molecule has 7 nitrogen and oxygen atoms in total. The second-order valence-electron chi connectivity index (χ2n) is 6.32. The first kappa shape index (κ1) is 20.9. The standard InChI is InChI=1S/C21H24N4O3S/c26-11-10-22-7-2-12-28-18-4-1-3-16(13-18)14-20(27)25-21-24-19(15-29-21)17-5-8-23-9-6-17/h1,3-6,8-9,13,15,22,26H,2,7,10-12,14H2,(H,24,25,27). The average molecular weight is 413 g/mol. The average Bonchev–Trinajstić information content (AvgIpc) is 3.20. The molecule has 152 valence electrons. The Labute approximate surface area is 173 Å². The summed E-state index contributed by atoms with van der Waals surface area (Å²) in [6, 6.07) is 11.3. The SMILES string of the molecule is O=C(Cc1cccc(OCCCNCCO)c1)Nc1nc(-c2ccncc2)cs1. The molecule has 2 heterocycles. The Balaban J connectivity index is 1.47. The molecule has 0 spiro atoms. The molecule has 0 saturated heterocycles. The summed E-state index contributed by atoms with van der Waals surface area (Å²) in [4.78, 5) is 20.8. The van der Waals surface area contributed by atoms with Gasteiger partial charge in [-0.15, -0.1) is 11.3 Å². The highest BCUT2D eigenvalue weighted by Gasteiger charge is 2.09. The van der Waals surface area contributed by atoms with Gasteiger partial charge in [-0.2, -0.15) is 0 Å². The van der Waals surface area contributed by atoms with Crippen LogP contribution >= 0.6 is 11.3 Å². The summed E-state index contributed by atoms with van der Waals surface area (Å²) < 4.78 is 5.73. The normalized spacial score (nSPS) is 10.7. The summed E-state index contributed by atoms with van der Waals surface area (Å²) in [6.07, 6.45) is 4.52. The molecule has 0 saturated carbocycles. The summed E-state index contributed by atoms with van der Waals surface area (Å²) in [5, 5.41) is 17.2. The van der Waals surface area contributed by atoms with Gasteiger partial charge in [-0.1, -0.05) is 12.1 Å². The highest BCUT2D eigenvalue weighted by Crippen LogP contribution is 2.24. The molecule has 0 fully saturated rings. The smallest absolute Gasteiger partial charge is 0.230 e. The number of carbonyl (C=O) groups is 1. The van der Waals surface area contributed by atoms with Gasteiger partial charge in [0.2, 0.25) is 5.91 Å². The Kier molecular flexibility index (Phi) is 8.12. The summed E-state index contributed by atoms with van der Waals surface area (Å²) in [6.45, 7) is 2.09. The fourth-order valence-electron chi connectivity index (χ4n) is 2.67. The monoisotopic (exact) mass is 412 g/mol. The van der Waals surface area contributed by atoms with Crippen molar-refractivity contribution < 1.29 is 14.6 Å². The number of hydrogen-bond acceptors (Lipinski definition) is 7.